The molecule has 1 atom stereocenters. The minimum atomic E-state index is -0.192. The standard InChI is InChI=1S/C10H13BrN2O2/c1-7-6-8(11)10(14)13(12-7)9-4-2-3-5-15-9/h6,9H,2-5H2,1H3. The summed E-state index contributed by atoms with van der Waals surface area (Å²) in [6.45, 7) is 2.58. The predicted molar refractivity (Wildman–Crippen MR) is 59.8 cm³/mol. The zero-order chi connectivity index (χ0) is 10.8. The van der Waals surface area contributed by atoms with Gasteiger partial charge in [-0.05, 0) is 48.2 Å². The van der Waals surface area contributed by atoms with Crippen molar-refractivity contribution in [1.29, 1.82) is 0 Å². The molecule has 2 heterocycles. The third-order valence-corrected chi connectivity index (χ3v) is 3.01. The van der Waals surface area contributed by atoms with E-state index in [2.05, 4.69) is 21.0 Å². The van der Waals surface area contributed by atoms with Crippen molar-refractivity contribution >= 4 is 15.9 Å². The van der Waals surface area contributed by atoms with Crippen molar-refractivity contribution < 1.29 is 4.74 Å². The summed E-state index contributed by atoms with van der Waals surface area (Å²) in [6, 6.07) is 1.72. The summed E-state index contributed by atoms with van der Waals surface area (Å²) in [5.41, 5.74) is 0.697. The third-order valence-electron chi connectivity index (χ3n) is 2.44. The SMILES string of the molecule is Cc1cc(Br)c(=O)n(C2CCCCO2)n1. The van der Waals surface area contributed by atoms with Crippen LogP contribution < -0.4 is 5.56 Å². The Morgan fingerprint density at radius 2 is 2.40 bits per heavy atom. The van der Waals surface area contributed by atoms with Crippen LogP contribution in [0.3, 0.4) is 0 Å². The number of hydrogen-bond donors (Lipinski definition) is 0. The van der Waals surface area contributed by atoms with Gasteiger partial charge in [-0.1, -0.05) is 0 Å². The lowest BCUT2D eigenvalue weighted by molar-refractivity contribution is -0.0428. The molecule has 15 heavy (non-hydrogen) atoms. The second-order valence-electron chi connectivity index (χ2n) is 3.70. The molecule has 1 unspecified atom stereocenters. The zero-order valence-corrected chi connectivity index (χ0v) is 10.2. The molecule has 0 aromatic carbocycles. The van der Waals surface area contributed by atoms with Crippen molar-refractivity contribution in [2.45, 2.75) is 32.4 Å². The van der Waals surface area contributed by atoms with Crippen LogP contribution in [0.2, 0.25) is 0 Å². The van der Waals surface area contributed by atoms with Gasteiger partial charge in [-0.2, -0.15) is 9.78 Å². The second-order valence-corrected chi connectivity index (χ2v) is 4.56. The third kappa shape index (κ3) is 2.29. The number of nitrogens with zero attached hydrogens (tertiary/aromatic N) is 2. The van der Waals surface area contributed by atoms with E-state index in [0.717, 1.165) is 25.0 Å². The molecule has 0 spiro atoms. The Kier molecular flexibility index (Phi) is 3.21. The molecule has 1 fully saturated rings. The van der Waals surface area contributed by atoms with E-state index in [9.17, 15) is 4.79 Å². The van der Waals surface area contributed by atoms with Crippen LogP contribution in [0.15, 0.2) is 15.3 Å². The Morgan fingerprint density at radius 3 is 3.07 bits per heavy atom. The average molecular weight is 273 g/mol. The van der Waals surface area contributed by atoms with Gasteiger partial charge >= 0.3 is 0 Å². The van der Waals surface area contributed by atoms with Crippen molar-refractivity contribution in [3.05, 3.63) is 26.6 Å². The van der Waals surface area contributed by atoms with E-state index < -0.39 is 0 Å². The van der Waals surface area contributed by atoms with Gasteiger partial charge in [0.2, 0.25) is 0 Å². The highest BCUT2D eigenvalue weighted by molar-refractivity contribution is 9.10. The molecule has 0 aliphatic carbocycles. The molecule has 1 aromatic heterocycles. The summed E-state index contributed by atoms with van der Waals surface area (Å²) in [5, 5.41) is 4.21. The fourth-order valence-electron chi connectivity index (χ4n) is 1.71. The van der Waals surface area contributed by atoms with Gasteiger partial charge in [-0.3, -0.25) is 4.79 Å². The van der Waals surface area contributed by atoms with E-state index in [1.807, 2.05) is 6.92 Å². The van der Waals surface area contributed by atoms with Gasteiger partial charge in [-0.15, -0.1) is 0 Å². The lowest BCUT2D eigenvalue weighted by atomic mass is 10.2. The average Bonchev–Trinajstić information content (AvgIpc) is 2.24. The molecule has 0 amide bonds. The predicted octanol–water partition coefficient (Wildman–Crippen LogP) is 2.01. The fraction of sp³-hybridized carbons (Fsp3) is 0.600. The lowest BCUT2D eigenvalue weighted by Gasteiger charge is -2.23. The van der Waals surface area contributed by atoms with E-state index in [1.165, 1.54) is 4.68 Å². The van der Waals surface area contributed by atoms with Gasteiger partial charge in [0.05, 0.1) is 10.2 Å². The van der Waals surface area contributed by atoms with E-state index in [-0.39, 0.29) is 11.8 Å². The highest BCUT2D eigenvalue weighted by atomic mass is 79.9. The van der Waals surface area contributed by atoms with Crippen LogP contribution >= 0.6 is 15.9 Å². The van der Waals surface area contributed by atoms with E-state index >= 15 is 0 Å². The van der Waals surface area contributed by atoms with Crippen molar-refractivity contribution in [3.8, 4) is 0 Å². The van der Waals surface area contributed by atoms with Crippen LogP contribution in [0, 0.1) is 6.92 Å². The Balaban J connectivity index is 2.38. The molecule has 1 saturated heterocycles. The Hall–Kier alpha value is -0.680. The largest absolute Gasteiger partial charge is 0.356 e. The molecule has 0 N–H and O–H groups in total. The Bertz CT molecular complexity index is 410. The van der Waals surface area contributed by atoms with Gasteiger partial charge < -0.3 is 4.74 Å². The van der Waals surface area contributed by atoms with Crippen LogP contribution in [0.1, 0.15) is 31.2 Å². The first-order valence-corrected chi connectivity index (χ1v) is 5.85. The summed E-state index contributed by atoms with van der Waals surface area (Å²) < 4.78 is 7.52. The summed E-state index contributed by atoms with van der Waals surface area (Å²) in [7, 11) is 0. The first kappa shape index (κ1) is 10.8. The van der Waals surface area contributed by atoms with Crippen LogP contribution in [0.4, 0.5) is 0 Å². The molecular formula is C10H13BrN2O2. The minimum absolute atomic E-state index is 0.118. The molecule has 1 aliphatic heterocycles. The molecule has 1 aromatic rings. The van der Waals surface area contributed by atoms with Gasteiger partial charge in [-0.25, -0.2) is 0 Å². The Morgan fingerprint density at radius 1 is 1.60 bits per heavy atom. The maximum absolute atomic E-state index is 11.8. The van der Waals surface area contributed by atoms with Crippen molar-refractivity contribution in [1.82, 2.24) is 9.78 Å². The monoisotopic (exact) mass is 272 g/mol. The first-order chi connectivity index (χ1) is 7.18. The van der Waals surface area contributed by atoms with Crippen LogP contribution in [-0.2, 0) is 4.74 Å². The topological polar surface area (TPSA) is 44.1 Å². The number of aryl methyl sites for hydroxylation is 1. The quantitative estimate of drug-likeness (QED) is 0.786. The second kappa shape index (κ2) is 4.45. The van der Waals surface area contributed by atoms with E-state index in [1.54, 1.807) is 6.07 Å². The number of rotatable bonds is 1. The molecule has 4 nitrogen and oxygen atoms in total. The van der Waals surface area contributed by atoms with Gasteiger partial charge in [0.25, 0.3) is 5.56 Å². The molecule has 2 rings (SSSR count). The molecule has 0 radical (unpaired) electrons. The first-order valence-electron chi connectivity index (χ1n) is 5.06. The maximum Gasteiger partial charge on any atom is 0.283 e. The molecule has 5 heteroatoms. The minimum Gasteiger partial charge on any atom is -0.356 e. The fourth-order valence-corrected chi connectivity index (χ4v) is 2.22. The number of halogens is 1. The highest BCUT2D eigenvalue weighted by Crippen LogP contribution is 2.20. The van der Waals surface area contributed by atoms with E-state index in [0.29, 0.717) is 11.1 Å². The number of ether oxygens (including phenoxy) is 1. The summed E-state index contributed by atoms with van der Waals surface area (Å²) in [4.78, 5) is 11.8. The summed E-state index contributed by atoms with van der Waals surface area (Å²) in [6.07, 6.45) is 2.83. The normalized spacial score (nSPS) is 21.6. The molecule has 82 valence electrons. The van der Waals surface area contributed by atoms with Gasteiger partial charge in [0, 0.05) is 6.61 Å². The smallest absolute Gasteiger partial charge is 0.283 e. The summed E-state index contributed by atoms with van der Waals surface area (Å²) >= 11 is 3.23. The van der Waals surface area contributed by atoms with E-state index in [4.69, 9.17) is 4.74 Å². The molecule has 0 bridgehead atoms. The van der Waals surface area contributed by atoms with Crippen LogP contribution in [0.25, 0.3) is 0 Å². The van der Waals surface area contributed by atoms with Crippen LogP contribution in [-0.4, -0.2) is 16.4 Å². The highest BCUT2D eigenvalue weighted by Gasteiger charge is 2.18. The Labute approximate surface area is 96.4 Å². The van der Waals surface area contributed by atoms with Crippen molar-refractivity contribution in [2.75, 3.05) is 6.61 Å². The zero-order valence-electron chi connectivity index (χ0n) is 8.57. The van der Waals surface area contributed by atoms with Gasteiger partial charge in [0.15, 0.2) is 6.23 Å². The maximum atomic E-state index is 11.8. The van der Waals surface area contributed by atoms with Crippen LogP contribution in [0.5, 0.6) is 0 Å². The molecule has 1 aliphatic rings. The van der Waals surface area contributed by atoms with Crippen molar-refractivity contribution in [2.24, 2.45) is 0 Å². The summed E-state index contributed by atoms with van der Waals surface area (Å²) in [5.74, 6) is 0. The van der Waals surface area contributed by atoms with Crippen molar-refractivity contribution in [3.63, 3.8) is 0 Å². The van der Waals surface area contributed by atoms with Gasteiger partial charge in [0.1, 0.15) is 0 Å². The molecule has 0 saturated carbocycles. The lowest BCUT2D eigenvalue weighted by Crippen LogP contribution is -2.31. The number of aromatic nitrogens is 2. The molecular weight excluding hydrogens is 260 g/mol. The number of hydrogen-bond acceptors (Lipinski definition) is 3.